The molecule has 0 N–H and O–H groups in total. The summed E-state index contributed by atoms with van der Waals surface area (Å²) in [4.78, 5) is 4.46. The summed E-state index contributed by atoms with van der Waals surface area (Å²) in [5, 5.41) is 4.21. The van der Waals surface area contributed by atoms with Crippen molar-refractivity contribution in [3.05, 3.63) is 41.6 Å². The summed E-state index contributed by atoms with van der Waals surface area (Å²) >= 11 is 1.65. The monoisotopic (exact) mass is 215 g/mol. The fourth-order valence-electron chi connectivity index (χ4n) is 1.62. The lowest BCUT2D eigenvalue weighted by molar-refractivity contribution is 0.617. The Kier molecular flexibility index (Phi) is 1.86. The summed E-state index contributed by atoms with van der Waals surface area (Å²) in [7, 11) is 0. The van der Waals surface area contributed by atoms with Crippen molar-refractivity contribution in [1.29, 1.82) is 0 Å². The van der Waals surface area contributed by atoms with Crippen molar-refractivity contribution >= 4 is 22.3 Å². The summed E-state index contributed by atoms with van der Waals surface area (Å²) < 4.78 is 5.48. The summed E-state index contributed by atoms with van der Waals surface area (Å²) in [6, 6.07) is 8.02. The van der Waals surface area contributed by atoms with Gasteiger partial charge in [0.15, 0.2) is 0 Å². The fraction of sp³-hybridized carbons (Fsp3) is 0.0833. The molecule has 0 aliphatic heterocycles. The molecule has 3 rings (SSSR count). The number of hydrogen-bond acceptors (Lipinski definition) is 3. The second-order valence-electron chi connectivity index (χ2n) is 3.44. The highest BCUT2D eigenvalue weighted by atomic mass is 32.1. The van der Waals surface area contributed by atoms with Crippen LogP contribution in [0.4, 0.5) is 0 Å². The van der Waals surface area contributed by atoms with Gasteiger partial charge in [-0.3, -0.25) is 0 Å². The molecule has 0 unspecified atom stereocenters. The molecule has 0 spiro atoms. The molecule has 15 heavy (non-hydrogen) atoms. The average Bonchev–Trinajstić information content (AvgIpc) is 2.83. The second-order valence-corrected chi connectivity index (χ2v) is 4.30. The molecule has 3 heteroatoms. The van der Waals surface area contributed by atoms with E-state index in [1.54, 1.807) is 17.6 Å². The van der Waals surface area contributed by atoms with Crippen LogP contribution in [-0.4, -0.2) is 4.98 Å². The number of rotatable bonds is 1. The highest BCUT2D eigenvalue weighted by molar-refractivity contribution is 7.13. The van der Waals surface area contributed by atoms with E-state index in [0.717, 1.165) is 27.2 Å². The van der Waals surface area contributed by atoms with Gasteiger partial charge in [0.05, 0.1) is 5.56 Å². The Labute approximate surface area is 91.2 Å². The standard InChI is InChI=1S/C12H9NOS/c1-8-7-15-12(13-8)10-6-14-11-5-3-2-4-9(10)11/h2-7H,1H3. The minimum Gasteiger partial charge on any atom is -0.464 e. The van der Waals surface area contributed by atoms with E-state index in [2.05, 4.69) is 16.4 Å². The molecular formula is C12H9NOS. The van der Waals surface area contributed by atoms with E-state index in [0.29, 0.717) is 0 Å². The van der Waals surface area contributed by atoms with Gasteiger partial charge in [-0.25, -0.2) is 4.98 Å². The smallest absolute Gasteiger partial charge is 0.134 e. The van der Waals surface area contributed by atoms with Crippen LogP contribution in [0.3, 0.4) is 0 Å². The van der Waals surface area contributed by atoms with Gasteiger partial charge in [-0.1, -0.05) is 18.2 Å². The lowest BCUT2D eigenvalue weighted by atomic mass is 10.2. The summed E-state index contributed by atoms with van der Waals surface area (Å²) in [5.74, 6) is 0. The Morgan fingerprint density at radius 1 is 1.27 bits per heavy atom. The highest BCUT2D eigenvalue weighted by Gasteiger charge is 2.09. The van der Waals surface area contributed by atoms with Gasteiger partial charge in [-0.05, 0) is 13.0 Å². The van der Waals surface area contributed by atoms with Crippen LogP contribution < -0.4 is 0 Å². The Hall–Kier alpha value is -1.61. The van der Waals surface area contributed by atoms with E-state index in [9.17, 15) is 0 Å². The van der Waals surface area contributed by atoms with Crippen LogP contribution in [0.5, 0.6) is 0 Å². The van der Waals surface area contributed by atoms with Crippen LogP contribution in [0.25, 0.3) is 21.5 Å². The SMILES string of the molecule is Cc1csc(-c2coc3ccccc23)n1. The van der Waals surface area contributed by atoms with Gasteiger partial charge >= 0.3 is 0 Å². The largest absolute Gasteiger partial charge is 0.464 e. The number of para-hydroxylation sites is 1. The maximum absolute atomic E-state index is 5.48. The molecular weight excluding hydrogens is 206 g/mol. The predicted molar refractivity (Wildman–Crippen MR) is 62.1 cm³/mol. The molecule has 1 aromatic carbocycles. The first-order valence-electron chi connectivity index (χ1n) is 4.73. The minimum absolute atomic E-state index is 0.917. The Morgan fingerprint density at radius 3 is 2.93 bits per heavy atom. The van der Waals surface area contributed by atoms with Gasteiger partial charge in [0.25, 0.3) is 0 Å². The number of fused-ring (bicyclic) bond motifs is 1. The van der Waals surface area contributed by atoms with Crippen molar-refractivity contribution in [2.45, 2.75) is 6.92 Å². The van der Waals surface area contributed by atoms with Crippen molar-refractivity contribution in [2.75, 3.05) is 0 Å². The molecule has 0 atom stereocenters. The first-order chi connectivity index (χ1) is 7.34. The van der Waals surface area contributed by atoms with Crippen LogP contribution in [0.2, 0.25) is 0 Å². The molecule has 2 aromatic heterocycles. The van der Waals surface area contributed by atoms with Gasteiger partial charge in [-0.15, -0.1) is 11.3 Å². The summed E-state index contributed by atoms with van der Waals surface area (Å²) in [6.45, 7) is 2.00. The Bertz CT molecular complexity index is 609. The Balaban J connectivity index is 2.27. The lowest BCUT2D eigenvalue weighted by Gasteiger charge is -1.90. The van der Waals surface area contributed by atoms with Crippen molar-refractivity contribution < 1.29 is 4.42 Å². The van der Waals surface area contributed by atoms with Crippen molar-refractivity contribution in [3.8, 4) is 10.6 Å². The van der Waals surface area contributed by atoms with Crippen molar-refractivity contribution in [2.24, 2.45) is 0 Å². The zero-order chi connectivity index (χ0) is 10.3. The molecule has 2 nitrogen and oxygen atoms in total. The normalized spacial score (nSPS) is 11.0. The molecule has 0 aliphatic rings. The third kappa shape index (κ3) is 1.36. The molecule has 2 heterocycles. The van der Waals surface area contributed by atoms with Crippen molar-refractivity contribution in [3.63, 3.8) is 0 Å². The maximum Gasteiger partial charge on any atom is 0.134 e. The van der Waals surface area contributed by atoms with Gasteiger partial charge in [0.1, 0.15) is 16.9 Å². The number of thiazole rings is 1. The third-order valence-electron chi connectivity index (χ3n) is 2.33. The molecule has 3 aromatic rings. The second kappa shape index (κ2) is 3.21. The molecule has 74 valence electrons. The first-order valence-corrected chi connectivity index (χ1v) is 5.61. The molecule has 0 radical (unpaired) electrons. The number of aromatic nitrogens is 1. The Morgan fingerprint density at radius 2 is 2.13 bits per heavy atom. The number of aryl methyl sites for hydroxylation is 1. The van der Waals surface area contributed by atoms with E-state index >= 15 is 0 Å². The predicted octanol–water partition coefficient (Wildman–Crippen LogP) is 3.86. The van der Waals surface area contributed by atoms with Crippen molar-refractivity contribution in [1.82, 2.24) is 4.98 Å². The molecule has 0 saturated heterocycles. The average molecular weight is 215 g/mol. The molecule has 0 bridgehead atoms. The molecule has 0 aliphatic carbocycles. The van der Waals surface area contributed by atoms with E-state index in [1.165, 1.54) is 0 Å². The first kappa shape index (κ1) is 8.68. The van der Waals surface area contributed by atoms with Crippen LogP contribution in [0, 0.1) is 6.92 Å². The van der Waals surface area contributed by atoms with Crippen LogP contribution in [-0.2, 0) is 0 Å². The minimum atomic E-state index is 0.917. The van der Waals surface area contributed by atoms with Crippen LogP contribution in [0.1, 0.15) is 5.69 Å². The molecule has 0 saturated carbocycles. The van der Waals surface area contributed by atoms with Crippen LogP contribution >= 0.6 is 11.3 Å². The fourth-order valence-corrected chi connectivity index (χ4v) is 2.44. The highest BCUT2D eigenvalue weighted by Crippen LogP contribution is 2.32. The van der Waals surface area contributed by atoms with Crippen LogP contribution in [0.15, 0.2) is 40.3 Å². The number of nitrogens with zero attached hydrogens (tertiary/aromatic N) is 1. The van der Waals surface area contributed by atoms with E-state index in [1.807, 2.05) is 25.1 Å². The number of benzene rings is 1. The van der Waals surface area contributed by atoms with E-state index in [-0.39, 0.29) is 0 Å². The zero-order valence-corrected chi connectivity index (χ0v) is 9.04. The molecule has 0 amide bonds. The lowest BCUT2D eigenvalue weighted by Crippen LogP contribution is -1.74. The van der Waals surface area contributed by atoms with E-state index in [4.69, 9.17) is 4.42 Å². The van der Waals surface area contributed by atoms with Gasteiger partial charge < -0.3 is 4.42 Å². The van der Waals surface area contributed by atoms with Gasteiger partial charge in [0, 0.05) is 16.5 Å². The summed E-state index contributed by atoms with van der Waals surface area (Å²) in [5.41, 5.74) is 3.06. The molecule has 0 fully saturated rings. The number of furan rings is 1. The maximum atomic E-state index is 5.48. The quantitative estimate of drug-likeness (QED) is 0.616. The van der Waals surface area contributed by atoms with E-state index < -0.39 is 0 Å². The van der Waals surface area contributed by atoms with Gasteiger partial charge in [-0.2, -0.15) is 0 Å². The topological polar surface area (TPSA) is 26.0 Å². The third-order valence-corrected chi connectivity index (χ3v) is 3.32. The number of hydrogen-bond donors (Lipinski definition) is 0. The van der Waals surface area contributed by atoms with Gasteiger partial charge in [0.2, 0.25) is 0 Å². The summed E-state index contributed by atoms with van der Waals surface area (Å²) in [6.07, 6.45) is 1.78. The zero-order valence-electron chi connectivity index (χ0n) is 8.23.